The number of carbonyl (C=O) groups is 2. The second-order valence-corrected chi connectivity index (χ2v) is 8.53. The van der Waals surface area contributed by atoms with Gasteiger partial charge >= 0.3 is 0 Å². The van der Waals surface area contributed by atoms with Crippen molar-refractivity contribution in [1.29, 1.82) is 0 Å². The molecule has 3 N–H and O–H groups in total. The Morgan fingerprint density at radius 2 is 1.90 bits per heavy atom. The summed E-state index contributed by atoms with van der Waals surface area (Å²) >= 11 is 0. The molecule has 3 fully saturated rings. The normalized spacial score (nSPS) is 21.2. The largest absolute Gasteiger partial charge is 0.370 e. The zero-order chi connectivity index (χ0) is 22.0. The maximum absolute atomic E-state index is 13.8. The van der Waals surface area contributed by atoms with Gasteiger partial charge in [-0.2, -0.15) is 0 Å². The molecule has 31 heavy (non-hydrogen) atoms. The molecule has 4 rings (SSSR count). The summed E-state index contributed by atoms with van der Waals surface area (Å²) in [5, 5.41) is 2.79. The van der Waals surface area contributed by atoms with Gasteiger partial charge < -0.3 is 20.7 Å². The molecule has 7 nitrogen and oxygen atoms in total. The quantitative estimate of drug-likeness (QED) is 0.654. The van der Waals surface area contributed by atoms with Gasteiger partial charge in [-0.3, -0.25) is 14.5 Å². The Hall–Kier alpha value is -2.10. The van der Waals surface area contributed by atoms with Crippen LogP contribution >= 0.6 is 0 Å². The molecule has 0 bridgehead atoms. The third-order valence-electron chi connectivity index (χ3n) is 6.69. The number of nitrogens with two attached hydrogens (primary N) is 1. The number of alkyl halides is 2. The number of halogens is 2. The van der Waals surface area contributed by atoms with Crippen molar-refractivity contribution in [3.63, 3.8) is 0 Å². The van der Waals surface area contributed by atoms with Crippen LogP contribution in [-0.4, -0.2) is 61.1 Å². The van der Waals surface area contributed by atoms with E-state index in [9.17, 15) is 18.4 Å². The number of hydrogen-bond donors (Lipinski definition) is 2. The fraction of sp³-hybridized carbons (Fsp3) is 0.636. The summed E-state index contributed by atoms with van der Waals surface area (Å²) in [7, 11) is 0. The average Bonchev–Trinajstić information content (AvgIpc) is 2.66. The molecule has 1 aromatic carbocycles. The minimum absolute atomic E-state index is 0.127. The second kappa shape index (κ2) is 9.58. The molecule has 0 radical (unpaired) electrons. The average molecular weight is 437 g/mol. The van der Waals surface area contributed by atoms with Gasteiger partial charge in [0.2, 0.25) is 5.91 Å². The zero-order valence-corrected chi connectivity index (χ0v) is 17.6. The van der Waals surface area contributed by atoms with E-state index in [-0.39, 0.29) is 48.4 Å². The van der Waals surface area contributed by atoms with Crippen molar-refractivity contribution < 1.29 is 23.1 Å². The molecule has 170 valence electrons. The summed E-state index contributed by atoms with van der Waals surface area (Å²) in [5.74, 6) is -0.624. The van der Waals surface area contributed by atoms with E-state index in [1.165, 1.54) is 17.0 Å². The van der Waals surface area contributed by atoms with Crippen molar-refractivity contribution in [3.8, 4) is 0 Å². The molecule has 1 heterocycles. The van der Waals surface area contributed by atoms with Crippen LogP contribution in [0.3, 0.4) is 0 Å². The van der Waals surface area contributed by atoms with Gasteiger partial charge in [-0.1, -0.05) is 12.8 Å². The van der Waals surface area contributed by atoms with Crippen molar-refractivity contribution in [2.45, 2.75) is 63.1 Å². The van der Waals surface area contributed by atoms with Crippen molar-refractivity contribution >= 4 is 23.2 Å². The highest BCUT2D eigenvalue weighted by Crippen LogP contribution is 2.36. The summed E-state index contributed by atoms with van der Waals surface area (Å²) in [6, 6.07) is 4.54. The molecule has 2 aliphatic carbocycles. The van der Waals surface area contributed by atoms with E-state index < -0.39 is 12.5 Å². The lowest BCUT2D eigenvalue weighted by Gasteiger charge is -2.49. The maximum Gasteiger partial charge on any atom is 0.265 e. The van der Waals surface area contributed by atoms with E-state index >= 15 is 0 Å². The molecule has 3 aliphatic rings. The first-order valence-electron chi connectivity index (χ1n) is 11.1. The Labute approximate surface area is 180 Å². The van der Waals surface area contributed by atoms with Gasteiger partial charge in [0, 0.05) is 36.4 Å². The summed E-state index contributed by atoms with van der Waals surface area (Å²) in [6.07, 6.45) is 3.81. The van der Waals surface area contributed by atoms with E-state index in [0.717, 1.165) is 38.5 Å². The first-order valence-corrected chi connectivity index (χ1v) is 11.1. The van der Waals surface area contributed by atoms with Crippen LogP contribution in [0.1, 0.15) is 50.5 Å². The molecule has 0 unspecified atom stereocenters. The number of hydrogen-bond acceptors (Lipinski definition) is 5. The Balaban J connectivity index is 1.52. The number of nitrogens with one attached hydrogen (secondary N) is 1. The lowest BCUT2D eigenvalue weighted by atomic mass is 9.83. The molecule has 0 spiro atoms. The van der Waals surface area contributed by atoms with Crippen molar-refractivity contribution in [1.82, 2.24) is 4.90 Å². The number of ether oxygens (including phenoxy) is 1. The van der Waals surface area contributed by atoms with E-state index in [2.05, 4.69) is 10.2 Å². The molecule has 1 aromatic rings. The third-order valence-corrected chi connectivity index (χ3v) is 6.69. The highest BCUT2D eigenvalue weighted by molar-refractivity contribution is 5.98. The van der Waals surface area contributed by atoms with Crippen molar-refractivity contribution in [2.75, 3.05) is 36.5 Å². The first kappa shape index (κ1) is 22.1. The van der Waals surface area contributed by atoms with E-state index in [1.54, 1.807) is 6.07 Å². The number of carbonyl (C=O) groups excluding carboxylic acids is 2. The highest BCUT2D eigenvalue weighted by atomic mass is 19.3. The van der Waals surface area contributed by atoms with Crippen LogP contribution in [0, 0.1) is 0 Å². The van der Waals surface area contributed by atoms with Crippen molar-refractivity contribution in [2.24, 2.45) is 5.73 Å². The molecule has 0 aromatic heterocycles. The molecule has 1 aliphatic heterocycles. The lowest BCUT2D eigenvalue weighted by Crippen LogP contribution is -2.60. The van der Waals surface area contributed by atoms with Crippen LogP contribution in [0.15, 0.2) is 18.2 Å². The van der Waals surface area contributed by atoms with Gasteiger partial charge in [0.25, 0.3) is 12.3 Å². The van der Waals surface area contributed by atoms with Crippen LogP contribution in [-0.2, 0) is 14.3 Å². The van der Waals surface area contributed by atoms with Crippen LogP contribution in [0.25, 0.3) is 0 Å². The molecular formula is C22H30F2N4O3. The van der Waals surface area contributed by atoms with E-state index in [1.807, 2.05) is 0 Å². The SMILES string of the molecule is NC[C@H](C(=O)Nc1ccc(N2CCOCC2=O)c(C(F)F)c1)N(C1CCC1)C1CCC1. The topological polar surface area (TPSA) is 87.9 Å². The van der Waals surface area contributed by atoms with Crippen LogP contribution in [0.4, 0.5) is 20.2 Å². The Morgan fingerprint density at radius 3 is 2.42 bits per heavy atom. The minimum atomic E-state index is -2.78. The summed E-state index contributed by atoms with van der Waals surface area (Å²) in [6.45, 7) is 0.568. The molecule has 9 heteroatoms. The number of anilines is 2. The molecule has 1 saturated heterocycles. The summed E-state index contributed by atoms with van der Waals surface area (Å²) in [4.78, 5) is 28.8. The summed E-state index contributed by atoms with van der Waals surface area (Å²) < 4.78 is 32.7. The monoisotopic (exact) mass is 436 g/mol. The standard InChI is InChI=1S/C22H30F2N4O3/c23-21(24)17-11-14(7-8-18(17)27-9-10-31-13-20(27)29)26-22(30)19(12-25)28(15-3-1-4-15)16-5-2-6-16/h7-8,11,15-16,19,21H,1-6,9-10,12-13,25H2,(H,26,30)/t19-/m1/s1. The Bertz CT molecular complexity index is 800. The predicted molar refractivity (Wildman–Crippen MR) is 113 cm³/mol. The Morgan fingerprint density at radius 1 is 1.23 bits per heavy atom. The van der Waals surface area contributed by atoms with Crippen LogP contribution < -0.4 is 16.0 Å². The first-order chi connectivity index (χ1) is 15.0. The summed E-state index contributed by atoms with van der Waals surface area (Å²) in [5.41, 5.74) is 6.15. The fourth-order valence-corrected chi connectivity index (χ4v) is 4.59. The second-order valence-electron chi connectivity index (χ2n) is 8.53. The third kappa shape index (κ3) is 4.58. The highest BCUT2D eigenvalue weighted by Gasteiger charge is 2.40. The van der Waals surface area contributed by atoms with Crippen molar-refractivity contribution in [3.05, 3.63) is 23.8 Å². The van der Waals surface area contributed by atoms with Gasteiger partial charge in [-0.05, 0) is 43.9 Å². The Kier molecular flexibility index (Phi) is 6.83. The van der Waals surface area contributed by atoms with E-state index in [0.29, 0.717) is 18.7 Å². The van der Waals surface area contributed by atoms with Gasteiger partial charge in [-0.25, -0.2) is 8.78 Å². The minimum Gasteiger partial charge on any atom is -0.370 e. The number of rotatable bonds is 8. The number of nitrogens with zero attached hydrogens (tertiary/aromatic N) is 2. The number of morpholine rings is 1. The molecule has 2 saturated carbocycles. The maximum atomic E-state index is 13.8. The number of benzene rings is 1. The molecule has 1 atom stereocenters. The fourth-order valence-electron chi connectivity index (χ4n) is 4.59. The van der Waals surface area contributed by atoms with Crippen LogP contribution in [0.5, 0.6) is 0 Å². The van der Waals surface area contributed by atoms with Gasteiger partial charge in [0.15, 0.2) is 0 Å². The van der Waals surface area contributed by atoms with Gasteiger partial charge in [0.1, 0.15) is 12.6 Å². The lowest BCUT2D eigenvalue weighted by molar-refractivity contribution is -0.126. The smallest absolute Gasteiger partial charge is 0.265 e. The zero-order valence-electron chi connectivity index (χ0n) is 17.6. The predicted octanol–water partition coefficient (Wildman–Crippen LogP) is 2.66. The van der Waals surface area contributed by atoms with Crippen LogP contribution in [0.2, 0.25) is 0 Å². The molecular weight excluding hydrogens is 406 g/mol. The molecule has 2 amide bonds. The van der Waals surface area contributed by atoms with Gasteiger partial charge in [0.05, 0.1) is 12.3 Å². The number of amides is 2. The van der Waals surface area contributed by atoms with E-state index in [4.69, 9.17) is 10.5 Å². The van der Waals surface area contributed by atoms with Gasteiger partial charge in [-0.15, -0.1) is 0 Å².